The highest BCUT2D eigenvalue weighted by atomic mass is 35.5. The van der Waals surface area contributed by atoms with E-state index in [1.54, 1.807) is 41.1 Å². The molecule has 4 heteroatoms. The summed E-state index contributed by atoms with van der Waals surface area (Å²) in [6.45, 7) is 0. The molecule has 0 unspecified atom stereocenters. The minimum absolute atomic E-state index is 0.471. The minimum Gasteiger partial charge on any atom is -0.307 e. The fourth-order valence-corrected chi connectivity index (χ4v) is 1.65. The van der Waals surface area contributed by atoms with Crippen molar-refractivity contribution in [3.63, 3.8) is 0 Å². The van der Waals surface area contributed by atoms with Gasteiger partial charge in [-0.15, -0.1) is 0 Å². The largest absolute Gasteiger partial charge is 0.307 e. The lowest BCUT2D eigenvalue weighted by atomic mass is 10.2. The van der Waals surface area contributed by atoms with Crippen LogP contribution in [0.2, 0.25) is 5.02 Å². The van der Waals surface area contributed by atoms with Crippen LogP contribution < -0.4 is 0 Å². The second kappa shape index (κ2) is 4.10. The van der Waals surface area contributed by atoms with Gasteiger partial charge in [0.2, 0.25) is 0 Å². The molecule has 0 spiro atoms. The zero-order valence-corrected chi connectivity index (χ0v) is 8.94. The van der Waals surface area contributed by atoms with Gasteiger partial charge >= 0.3 is 0 Å². The zero-order chi connectivity index (χ0) is 11.5. The molecule has 0 atom stereocenters. The third-order valence-electron chi connectivity index (χ3n) is 2.20. The number of halogens is 1. The van der Waals surface area contributed by atoms with E-state index in [2.05, 4.69) is 12.1 Å². The van der Waals surface area contributed by atoms with Crippen molar-refractivity contribution >= 4 is 11.6 Å². The average molecular weight is 228 g/mol. The van der Waals surface area contributed by atoms with Gasteiger partial charge in [0.05, 0.1) is 11.3 Å². The summed E-state index contributed by atoms with van der Waals surface area (Å²) >= 11 is 5.88. The lowest BCUT2D eigenvalue weighted by Crippen LogP contribution is -1.98. The zero-order valence-electron chi connectivity index (χ0n) is 8.18. The number of hydrogen-bond acceptors (Lipinski definition) is 2. The molecule has 0 radical (unpaired) electrons. The Morgan fingerprint density at radius 3 is 2.62 bits per heavy atom. The van der Waals surface area contributed by atoms with Crippen LogP contribution in [-0.4, -0.2) is 4.57 Å². The molecular weight excluding hydrogens is 222 g/mol. The second-order valence-corrected chi connectivity index (χ2v) is 3.58. The molecule has 0 saturated carbocycles. The van der Waals surface area contributed by atoms with Gasteiger partial charge in [0.25, 0.3) is 0 Å². The van der Waals surface area contributed by atoms with Crippen LogP contribution in [0.25, 0.3) is 5.69 Å². The van der Waals surface area contributed by atoms with E-state index in [0.717, 1.165) is 0 Å². The van der Waals surface area contributed by atoms with Gasteiger partial charge in [-0.25, -0.2) is 0 Å². The molecule has 76 valence electrons. The Morgan fingerprint density at radius 2 is 1.94 bits per heavy atom. The SMILES string of the molecule is N#Cc1ccc(Cl)cc1-n1cccc1C#N. The Labute approximate surface area is 97.7 Å². The maximum atomic E-state index is 8.98. The molecule has 1 heterocycles. The maximum Gasteiger partial charge on any atom is 0.124 e. The number of benzene rings is 1. The van der Waals surface area contributed by atoms with Crippen molar-refractivity contribution in [1.82, 2.24) is 4.57 Å². The predicted octanol–water partition coefficient (Wildman–Crippen LogP) is 2.87. The summed E-state index contributed by atoms with van der Waals surface area (Å²) in [5.41, 5.74) is 1.58. The standard InChI is InChI=1S/C12H6ClN3/c13-10-4-3-9(7-14)12(6-10)16-5-1-2-11(16)8-15/h1-6H. The van der Waals surface area contributed by atoms with E-state index in [4.69, 9.17) is 22.1 Å². The molecule has 0 aliphatic carbocycles. The first-order chi connectivity index (χ1) is 7.76. The molecule has 0 aliphatic rings. The molecule has 1 aromatic heterocycles. The summed E-state index contributed by atoms with van der Waals surface area (Å²) < 4.78 is 1.64. The lowest BCUT2D eigenvalue weighted by Gasteiger charge is -2.07. The number of rotatable bonds is 1. The number of hydrogen-bond donors (Lipinski definition) is 0. The minimum atomic E-state index is 0.471. The van der Waals surface area contributed by atoms with Crippen LogP contribution in [0, 0.1) is 22.7 Å². The Morgan fingerprint density at radius 1 is 1.12 bits per heavy atom. The summed E-state index contributed by atoms with van der Waals surface area (Å²) in [4.78, 5) is 0. The first kappa shape index (κ1) is 10.3. The first-order valence-electron chi connectivity index (χ1n) is 4.53. The number of aromatic nitrogens is 1. The third-order valence-corrected chi connectivity index (χ3v) is 2.44. The van der Waals surface area contributed by atoms with Gasteiger partial charge in [-0.05, 0) is 30.3 Å². The smallest absolute Gasteiger partial charge is 0.124 e. The van der Waals surface area contributed by atoms with Crippen molar-refractivity contribution in [1.29, 1.82) is 10.5 Å². The van der Waals surface area contributed by atoms with E-state index >= 15 is 0 Å². The highest BCUT2D eigenvalue weighted by molar-refractivity contribution is 6.30. The molecule has 2 aromatic rings. The van der Waals surface area contributed by atoms with Crippen LogP contribution in [-0.2, 0) is 0 Å². The molecule has 1 aromatic carbocycles. The van der Waals surface area contributed by atoms with Crippen molar-refractivity contribution in [3.05, 3.63) is 52.8 Å². The monoisotopic (exact) mass is 227 g/mol. The van der Waals surface area contributed by atoms with Crippen LogP contribution >= 0.6 is 11.6 Å². The Kier molecular flexibility index (Phi) is 2.64. The fraction of sp³-hybridized carbons (Fsp3) is 0. The van der Waals surface area contributed by atoms with Gasteiger partial charge in [-0.3, -0.25) is 0 Å². The molecule has 0 fully saturated rings. The van der Waals surface area contributed by atoms with Crippen LogP contribution in [0.15, 0.2) is 36.5 Å². The van der Waals surface area contributed by atoms with Crippen molar-refractivity contribution < 1.29 is 0 Å². The quantitative estimate of drug-likeness (QED) is 0.752. The summed E-state index contributed by atoms with van der Waals surface area (Å²) in [6.07, 6.45) is 1.73. The van der Waals surface area contributed by atoms with Crippen LogP contribution in [0.4, 0.5) is 0 Å². The van der Waals surface area contributed by atoms with Crippen molar-refractivity contribution in [2.75, 3.05) is 0 Å². The summed E-state index contributed by atoms with van der Waals surface area (Å²) in [5, 5.41) is 18.4. The van der Waals surface area contributed by atoms with Crippen molar-refractivity contribution in [2.45, 2.75) is 0 Å². The van der Waals surface area contributed by atoms with Gasteiger partial charge in [-0.1, -0.05) is 11.6 Å². The van der Waals surface area contributed by atoms with E-state index in [9.17, 15) is 0 Å². The highest BCUT2D eigenvalue weighted by Crippen LogP contribution is 2.21. The van der Waals surface area contributed by atoms with Crippen molar-refractivity contribution in [2.24, 2.45) is 0 Å². The van der Waals surface area contributed by atoms with E-state index in [1.165, 1.54) is 0 Å². The summed E-state index contributed by atoms with van der Waals surface area (Å²) in [6, 6.07) is 12.5. The first-order valence-corrected chi connectivity index (χ1v) is 4.91. The fourth-order valence-electron chi connectivity index (χ4n) is 1.48. The topological polar surface area (TPSA) is 52.5 Å². The lowest BCUT2D eigenvalue weighted by molar-refractivity contribution is 1.05. The van der Waals surface area contributed by atoms with Gasteiger partial charge < -0.3 is 4.57 Å². The van der Waals surface area contributed by atoms with E-state index in [0.29, 0.717) is 22.0 Å². The average Bonchev–Trinajstić information content (AvgIpc) is 2.76. The van der Waals surface area contributed by atoms with Crippen molar-refractivity contribution in [3.8, 4) is 17.8 Å². The van der Waals surface area contributed by atoms with Gasteiger partial charge in [-0.2, -0.15) is 10.5 Å². The molecule has 0 bridgehead atoms. The van der Waals surface area contributed by atoms with E-state index in [1.807, 2.05) is 0 Å². The molecule has 0 amide bonds. The van der Waals surface area contributed by atoms with Crippen LogP contribution in [0.1, 0.15) is 11.3 Å². The normalized spacial score (nSPS) is 9.44. The Balaban J connectivity index is 2.70. The van der Waals surface area contributed by atoms with Gasteiger partial charge in [0, 0.05) is 11.2 Å². The summed E-state index contributed by atoms with van der Waals surface area (Å²) in [5.74, 6) is 0. The molecule has 0 aliphatic heterocycles. The van der Waals surface area contributed by atoms with Gasteiger partial charge in [0.1, 0.15) is 17.8 Å². The molecular formula is C12H6ClN3. The Bertz CT molecular complexity index is 614. The van der Waals surface area contributed by atoms with Crippen LogP contribution in [0.3, 0.4) is 0 Å². The van der Waals surface area contributed by atoms with Crippen LogP contribution in [0.5, 0.6) is 0 Å². The molecule has 3 nitrogen and oxygen atoms in total. The highest BCUT2D eigenvalue weighted by Gasteiger charge is 2.08. The number of nitriles is 2. The summed E-state index contributed by atoms with van der Waals surface area (Å²) in [7, 11) is 0. The van der Waals surface area contributed by atoms with Gasteiger partial charge in [0.15, 0.2) is 0 Å². The molecule has 0 N–H and O–H groups in total. The molecule has 2 rings (SSSR count). The number of nitrogens with zero attached hydrogens (tertiary/aromatic N) is 3. The van der Waals surface area contributed by atoms with E-state index < -0.39 is 0 Å². The predicted molar refractivity (Wildman–Crippen MR) is 60.2 cm³/mol. The van der Waals surface area contributed by atoms with E-state index in [-0.39, 0.29) is 0 Å². The Hall–Kier alpha value is -2.23. The molecule has 16 heavy (non-hydrogen) atoms. The maximum absolute atomic E-state index is 8.98. The third kappa shape index (κ3) is 1.65. The molecule has 0 saturated heterocycles. The second-order valence-electron chi connectivity index (χ2n) is 3.15.